The fraction of sp³-hybridized carbons (Fsp3) is 0.250. The van der Waals surface area contributed by atoms with Crippen LogP contribution in [0.1, 0.15) is 12.5 Å². The lowest BCUT2D eigenvalue weighted by Crippen LogP contribution is -2.35. The second-order valence-corrected chi connectivity index (χ2v) is 7.67. The number of hydrogen-bond acceptors (Lipinski definition) is 4. The highest BCUT2D eigenvalue weighted by Crippen LogP contribution is 2.31. The van der Waals surface area contributed by atoms with Crippen molar-refractivity contribution in [3.63, 3.8) is 0 Å². The molecule has 0 unspecified atom stereocenters. The minimum absolute atomic E-state index is 0.115. The van der Waals surface area contributed by atoms with Crippen molar-refractivity contribution < 1.29 is 4.79 Å². The highest BCUT2D eigenvalue weighted by Gasteiger charge is 2.29. The molecule has 1 atom stereocenters. The van der Waals surface area contributed by atoms with Gasteiger partial charge in [0, 0.05) is 24.8 Å². The first kappa shape index (κ1) is 16.8. The number of aromatic nitrogens is 3. The van der Waals surface area contributed by atoms with E-state index in [1.165, 1.54) is 17.3 Å². The summed E-state index contributed by atoms with van der Waals surface area (Å²) in [4.78, 5) is 14.8. The van der Waals surface area contributed by atoms with E-state index in [4.69, 9.17) is 0 Å². The second kappa shape index (κ2) is 6.96. The van der Waals surface area contributed by atoms with E-state index in [2.05, 4.69) is 16.3 Å². The van der Waals surface area contributed by atoms with Crippen LogP contribution in [0.5, 0.6) is 0 Å². The van der Waals surface area contributed by atoms with Crippen molar-refractivity contribution in [1.29, 1.82) is 0 Å². The maximum Gasteiger partial charge on any atom is 0.240 e. The van der Waals surface area contributed by atoms with Gasteiger partial charge >= 0.3 is 0 Å². The molecule has 0 fully saturated rings. The molecule has 5 nitrogen and oxygen atoms in total. The molecule has 3 aromatic rings. The molecule has 0 bridgehead atoms. The Labute approximate surface area is 157 Å². The van der Waals surface area contributed by atoms with Gasteiger partial charge < -0.3 is 9.47 Å². The van der Waals surface area contributed by atoms with Gasteiger partial charge in [0.15, 0.2) is 11.0 Å². The van der Waals surface area contributed by atoms with E-state index >= 15 is 0 Å². The summed E-state index contributed by atoms with van der Waals surface area (Å²) in [5, 5.41) is 9.11. The molecule has 2 aromatic carbocycles. The van der Waals surface area contributed by atoms with E-state index < -0.39 is 0 Å². The first-order chi connectivity index (χ1) is 12.6. The van der Waals surface area contributed by atoms with Crippen LogP contribution >= 0.6 is 11.8 Å². The highest BCUT2D eigenvalue weighted by molar-refractivity contribution is 8.00. The maximum atomic E-state index is 12.9. The van der Waals surface area contributed by atoms with Gasteiger partial charge in [-0.3, -0.25) is 4.79 Å². The molecule has 0 radical (unpaired) electrons. The number of anilines is 1. The van der Waals surface area contributed by atoms with E-state index in [1.807, 2.05) is 72.0 Å². The Morgan fingerprint density at radius 2 is 1.81 bits per heavy atom. The minimum atomic E-state index is -0.229. The Morgan fingerprint density at radius 1 is 1.08 bits per heavy atom. The van der Waals surface area contributed by atoms with Crippen molar-refractivity contribution in [2.45, 2.75) is 23.8 Å². The van der Waals surface area contributed by atoms with Crippen LogP contribution in [-0.2, 0) is 18.3 Å². The van der Waals surface area contributed by atoms with Crippen molar-refractivity contribution in [2.75, 3.05) is 11.4 Å². The summed E-state index contributed by atoms with van der Waals surface area (Å²) in [5.41, 5.74) is 3.29. The van der Waals surface area contributed by atoms with Crippen molar-refractivity contribution in [3.8, 4) is 11.4 Å². The number of para-hydroxylation sites is 1. The predicted octanol–water partition coefficient (Wildman–Crippen LogP) is 3.55. The zero-order chi connectivity index (χ0) is 18.1. The molecule has 132 valence electrons. The first-order valence-electron chi connectivity index (χ1n) is 8.66. The molecular weight excluding hydrogens is 344 g/mol. The molecule has 0 N–H and O–H groups in total. The Kier molecular flexibility index (Phi) is 4.51. The number of amides is 1. The zero-order valence-electron chi connectivity index (χ0n) is 14.8. The average Bonchev–Trinajstić information content (AvgIpc) is 3.26. The standard InChI is InChI=1S/C20H20N4OS/c1-14(19(25)24-13-12-15-8-6-7-11-17(15)24)26-20-22-21-18(23(20)2)16-9-4-3-5-10-16/h3-11,14H,12-13H2,1-2H3/t14-/m0/s1. The van der Waals surface area contributed by atoms with E-state index in [-0.39, 0.29) is 11.2 Å². The molecule has 0 spiro atoms. The summed E-state index contributed by atoms with van der Waals surface area (Å²) in [6.07, 6.45) is 0.918. The van der Waals surface area contributed by atoms with Crippen molar-refractivity contribution in [1.82, 2.24) is 14.8 Å². The number of hydrogen-bond donors (Lipinski definition) is 0. The molecule has 2 heterocycles. The Morgan fingerprint density at radius 3 is 2.62 bits per heavy atom. The average molecular weight is 364 g/mol. The third-order valence-corrected chi connectivity index (χ3v) is 5.77. The number of carbonyl (C=O) groups is 1. The van der Waals surface area contributed by atoms with Gasteiger partial charge in [-0.05, 0) is 25.0 Å². The summed E-state index contributed by atoms with van der Waals surface area (Å²) >= 11 is 1.45. The largest absolute Gasteiger partial charge is 0.311 e. The molecule has 0 saturated heterocycles. The quantitative estimate of drug-likeness (QED) is 0.664. The SMILES string of the molecule is C[C@H](Sc1nnc(-c2ccccc2)n1C)C(=O)N1CCc2ccccc21. The van der Waals surface area contributed by atoms with Crippen molar-refractivity contribution in [2.24, 2.45) is 7.05 Å². The summed E-state index contributed by atoms with van der Waals surface area (Å²) in [7, 11) is 1.94. The number of benzene rings is 2. The van der Waals surface area contributed by atoms with Crippen LogP contribution in [0.2, 0.25) is 0 Å². The van der Waals surface area contributed by atoms with Gasteiger partial charge in [-0.15, -0.1) is 10.2 Å². The van der Waals surface area contributed by atoms with Crippen LogP contribution < -0.4 is 4.90 Å². The van der Waals surface area contributed by atoms with Crippen LogP contribution in [0.4, 0.5) is 5.69 Å². The number of nitrogens with zero attached hydrogens (tertiary/aromatic N) is 4. The topological polar surface area (TPSA) is 51.0 Å². The number of carbonyl (C=O) groups excluding carboxylic acids is 1. The number of thioether (sulfide) groups is 1. The number of rotatable bonds is 4. The van der Waals surface area contributed by atoms with E-state index in [0.717, 1.165) is 35.2 Å². The van der Waals surface area contributed by atoms with Gasteiger partial charge in [-0.25, -0.2) is 0 Å². The summed E-state index contributed by atoms with van der Waals surface area (Å²) in [5.74, 6) is 0.920. The molecule has 1 aromatic heterocycles. The molecule has 4 rings (SSSR count). The molecule has 0 saturated carbocycles. The second-order valence-electron chi connectivity index (χ2n) is 6.36. The Balaban J connectivity index is 1.52. The number of fused-ring (bicyclic) bond motifs is 1. The molecule has 0 aliphatic carbocycles. The van der Waals surface area contributed by atoms with Gasteiger partial charge in [-0.2, -0.15) is 0 Å². The molecule has 26 heavy (non-hydrogen) atoms. The van der Waals surface area contributed by atoms with Gasteiger partial charge in [0.25, 0.3) is 0 Å². The monoisotopic (exact) mass is 364 g/mol. The van der Waals surface area contributed by atoms with Crippen LogP contribution in [0.15, 0.2) is 59.8 Å². The van der Waals surface area contributed by atoms with Crippen molar-refractivity contribution >= 4 is 23.4 Å². The maximum absolute atomic E-state index is 12.9. The zero-order valence-corrected chi connectivity index (χ0v) is 15.6. The Bertz CT molecular complexity index is 938. The van der Waals surface area contributed by atoms with Crippen molar-refractivity contribution in [3.05, 3.63) is 60.2 Å². The lowest BCUT2D eigenvalue weighted by atomic mass is 10.2. The lowest BCUT2D eigenvalue weighted by molar-refractivity contribution is -0.117. The first-order valence-corrected chi connectivity index (χ1v) is 9.54. The molecule has 6 heteroatoms. The summed E-state index contributed by atoms with van der Waals surface area (Å²) < 4.78 is 1.95. The van der Waals surface area contributed by atoms with Crippen LogP contribution in [0.25, 0.3) is 11.4 Å². The summed E-state index contributed by atoms with van der Waals surface area (Å²) in [6.45, 7) is 2.68. The third kappa shape index (κ3) is 3.01. The predicted molar refractivity (Wildman–Crippen MR) is 104 cm³/mol. The van der Waals surface area contributed by atoms with Crippen LogP contribution in [0.3, 0.4) is 0 Å². The lowest BCUT2D eigenvalue weighted by Gasteiger charge is -2.21. The normalized spacial score (nSPS) is 14.3. The van der Waals surface area contributed by atoms with Crippen LogP contribution in [-0.4, -0.2) is 32.5 Å². The highest BCUT2D eigenvalue weighted by atomic mass is 32.2. The molecular formula is C20H20N4OS. The third-order valence-electron chi connectivity index (χ3n) is 4.65. The van der Waals surface area contributed by atoms with Gasteiger partial charge in [0.2, 0.25) is 5.91 Å². The van der Waals surface area contributed by atoms with E-state index in [1.54, 1.807) is 0 Å². The smallest absolute Gasteiger partial charge is 0.240 e. The van der Waals surface area contributed by atoms with Gasteiger partial charge in [0.1, 0.15) is 0 Å². The fourth-order valence-electron chi connectivity index (χ4n) is 3.25. The summed E-state index contributed by atoms with van der Waals surface area (Å²) in [6, 6.07) is 18.1. The van der Waals surface area contributed by atoms with Gasteiger partial charge in [0.05, 0.1) is 5.25 Å². The molecule has 1 aliphatic heterocycles. The van der Waals surface area contributed by atoms with E-state index in [9.17, 15) is 4.79 Å². The van der Waals surface area contributed by atoms with Crippen LogP contribution in [0, 0.1) is 0 Å². The minimum Gasteiger partial charge on any atom is -0.311 e. The van der Waals surface area contributed by atoms with E-state index in [0.29, 0.717) is 0 Å². The molecule has 1 aliphatic rings. The fourth-order valence-corrected chi connectivity index (χ4v) is 4.13. The Hall–Kier alpha value is -2.60. The van der Waals surface area contributed by atoms with Gasteiger partial charge in [-0.1, -0.05) is 60.3 Å². The molecule has 1 amide bonds.